The Labute approximate surface area is 576 Å². The molecular weight excluding hydrogens is 1340 g/mol. The van der Waals surface area contributed by atoms with Crippen molar-refractivity contribution in [2.24, 2.45) is 0 Å². The number of anilines is 1. The van der Waals surface area contributed by atoms with Gasteiger partial charge in [-0.25, -0.2) is 8.78 Å². The number of carboxylic acid groups (broad SMARTS) is 3. The van der Waals surface area contributed by atoms with Gasteiger partial charge in [-0.3, -0.25) is 67.7 Å². The number of rotatable bonds is 42. The number of alkyl halides is 2. The fraction of sp³-hybridized carbons (Fsp3) is 0.538. The lowest BCUT2D eigenvalue weighted by atomic mass is 10.0. The summed E-state index contributed by atoms with van der Waals surface area (Å²) in [6.07, 6.45) is 1.09. The Balaban J connectivity index is 0.798. The first-order valence-corrected chi connectivity index (χ1v) is 34.0. The minimum Gasteiger partial charge on any atom is -0.480 e. The summed E-state index contributed by atoms with van der Waals surface area (Å²) in [5.41, 5.74) is -0.177. The van der Waals surface area contributed by atoms with Gasteiger partial charge in [-0.1, -0.05) is 48.5 Å². The SMILES string of the molecule is O=C(O)CN1CCN(CC(=O)O)CCN(CC(=O)NCCOCCOCCOCCOCCOCCOCCC(=O)NCCCCC(NC(=O)c2cccc3ccccc23)C(=O)Nc2cccc3c(C(=O)NCC(=O)N4CC(F)(F)C/C4=C\S(=O)(=O)F)ccnc23)CCN(CC(=O)O)CC1. The van der Waals surface area contributed by atoms with Gasteiger partial charge in [0, 0.05) is 94.7 Å². The highest BCUT2D eigenvalue weighted by Gasteiger charge is 2.44. The maximum atomic E-state index is 14.2. The molecule has 1 aromatic heterocycles. The lowest BCUT2D eigenvalue weighted by Gasteiger charge is -2.32. The van der Waals surface area contributed by atoms with Crippen molar-refractivity contribution in [1.29, 1.82) is 0 Å². The molecule has 6 rings (SSSR count). The van der Waals surface area contributed by atoms with E-state index >= 15 is 0 Å². The average molecular weight is 1430 g/mol. The predicted octanol–water partition coefficient (Wildman–Crippen LogP) is 1.23. The van der Waals surface area contributed by atoms with Gasteiger partial charge in [-0.15, -0.1) is 3.89 Å². The van der Waals surface area contributed by atoms with Crippen LogP contribution in [0.4, 0.5) is 18.4 Å². The number of pyridine rings is 1. The first-order valence-electron chi connectivity index (χ1n) is 32.6. The highest BCUT2D eigenvalue weighted by atomic mass is 32.3. The van der Waals surface area contributed by atoms with Gasteiger partial charge in [-0.05, 0) is 48.2 Å². The molecule has 0 radical (unpaired) electrons. The van der Waals surface area contributed by atoms with Crippen molar-refractivity contribution < 1.29 is 108 Å². The van der Waals surface area contributed by atoms with Gasteiger partial charge >= 0.3 is 28.1 Å². The number of fused-ring (bicyclic) bond motifs is 2. The average Bonchev–Trinajstić information content (AvgIpc) is 1.57. The number of carbonyl (C=O) groups is 9. The van der Waals surface area contributed by atoms with Crippen LogP contribution in [0.1, 0.15) is 52.8 Å². The number of unbranched alkanes of at least 4 members (excludes halogenated alkanes) is 1. The van der Waals surface area contributed by atoms with Gasteiger partial charge in [0.2, 0.25) is 23.6 Å². The molecular formula is C65H88F3N11O20S. The second-order valence-electron chi connectivity index (χ2n) is 23.3. The van der Waals surface area contributed by atoms with Crippen LogP contribution in [0.15, 0.2) is 84.0 Å². The molecule has 4 aromatic rings. The van der Waals surface area contributed by atoms with Crippen LogP contribution < -0.4 is 26.6 Å². The van der Waals surface area contributed by atoms with E-state index in [1.807, 2.05) is 23.1 Å². The van der Waals surface area contributed by atoms with Crippen molar-refractivity contribution in [2.75, 3.05) is 189 Å². The minimum atomic E-state index is -5.37. The molecule has 3 heterocycles. The summed E-state index contributed by atoms with van der Waals surface area (Å²) in [6.45, 7) is 3.34. The molecule has 2 fully saturated rings. The molecule has 31 nitrogen and oxygen atoms in total. The predicted molar refractivity (Wildman–Crippen MR) is 355 cm³/mol. The van der Waals surface area contributed by atoms with E-state index in [9.17, 15) is 79.6 Å². The lowest BCUT2D eigenvalue weighted by Crippen LogP contribution is -2.50. The Morgan fingerprint density at radius 1 is 0.560 bits per heavy atom. The number of ether oxygens (including phenoxy) is 6. The van der Waals surface area contributed by atoms with Crippen LogP contribution in [0.5, 0.6) is 0 Å². The van der Waals surface area contributed by atoms with Crippen LogP contribution in [0.25, 0.3) is 21.7 Å². The quantitative estimate of drug-likeness (QED) is 0.0228. The Morgan fingerprint density at radius 2 is 1.05 bits per heavy atom. The first kappa shape index (κ1) is 80.6. The molecule has 2 saturated heterocycles. The third-order valence-electron chi connectivity index (χ3n) is 15.6. The highest BCUT2D eigenvalue weighted by molar-refractivity contribution is 7.89. The second kappa shape index (κ2) is 42.7. The van der Waals surface area contributed by atoms with Crippen molar-refractivity contribution in [1.82, 2.24) is 50.8 Å². The van der Waals surface area contributed by atoms with Gasteiger partial charge in [0.05, 0.1) is 147 Å². The number of aliphatic carboxylic acids is 3. The summed E-state index contributed by atoms with van der Waals surface area (Å²) < 4.78 is 97.4. The molecule has 550 valence electrons. The summed E-state index contributed by atoms with van der Waals surface area (Å²) in [5.74, 6) is -10.3. The summed E-state index contributed by atoms with van der Waals surface area (Å²) in [5, 5.41) is 43.5. The molecule has 3 aromatic carbocycles. The molecule has 0 spiro atoms. The smallest absolute Gasteiger partial charge is 0.326 e. The summed E-state index contributed by atoms with van der Waals surface area (Å²) in [7, 11) is -5.37. The van der Waals surface area contributed by atoms with E-state index in [-0.39, 0.29) is 151 Å². The summed E-state index contributed by atoms with van der Waals surface area (Å²) in [6, 6.07) is 17.2. The number of nitrogens with one attached hydrogen (secondary N) is 5. The topological polar surface area (TPSA) is 393 Å². The van der Waals surface area contributed by atoms with E-state index in [1.54, 1.807) is 39.0 Å². The third kappa shape index (κ3) is 30.2. The molecule has 0 aliphatic carbocycles. The largest absolute Gasteiger partial charge is 0.480 e. The molecule has 2 aliphatic heterocycles. The van der Waals surface area contributed by atoms with Crippen molar-refractivity contribution in [2.45, 2.75) is 44.1 Å². The maximum absolute atomic E-state index is 14.2. The van der Waals surface area contributed by atoms with E-state index in [0.717, 1.165) is 5.39 Å². The summed E-state index contributed by atoms with van der Waals surface area (Å²) in [4.78, 5) is 126. The maximum Gasteiger partial charge on any atom is 0.326 e. The highest BCUT2D eigenvalue weighted by Crippen LogP contribution is 2.35. The van der Waals surface area contributed by atoms with Gasteiger partial charge in [0.25, 0.3) is 17.7 Å². The number of likely N-dealkylation sites (tertiary alicyclic amines) is 1. The van der Waals surface area contributed by atoms with Crippen LogP contribution in [-0.4, -0.2) is 303 Å². The summed E-state index contributed by atoms with van der Waals surface area (Å²) >= 11 is 0. The fourth-order valence-corrected chi connectivity index (χ4v) is 11.2. The van der Waals surface area contributed by atoms with Gasteiger partial charge in [-0.2, -0.15) is 8.42 Å². The minimum absolute atomic E-state index is 0.00788. The Bertz CT molecular complexity index is 3490. The van der Waals surface area contributed by atoms with Crippen LogP contribution in [0, 0.1) is 0 Å². The standard InChI is InChI=1S/C65H88F3N11O20S/c66-65(67)39-48(45-100(68,92)93)79(46-65)57(82)40-72-62(89)52-14-17-71-61-50(52)10-6-13-53(61)73-64(91)54(74-63(90)51-11-5-8-47-7-1-2-9-49(47)51)12-3-4-16-69-55(80)15-27-94-29-31-96-33-35-98-37-38-99-36-34-97-32-30-95-28-18-70-56(81)41-75-19-21-76(42-58(83)84)23-25-78(44-60(87)88)26-24-77(22-20-75)43-59(85)86/h1-2,5-11,13-14,17,45,54H,3-4,12,15-16,18-44,46H2,(H,69,80)(H,70,81)(H,72,89)(H,73,91)(H,74,90)(H,83,84)(H,85,86)(H,87,88)/b48-45+. The molecule has 1 atom stereocenters. The number of hydrogen-bond donors (Lipinski definition) is 8. The van der Waals surface area contributed by atoms with E-state index in [2.05, 4.69) is 31.6 Å². The van der Waals surface area contributed by atoms with Crippen molar-refractivity contribution >= 4 is 90.9 Å². The van der Waals surface area contributed by atoms with Crippen LogP contribution in [-0.2, 0) is 72.2 Å². The monoisotopic (exact) mass is 1430 g/mol. The number of allylic oxidation sites excluding steroid dienone is 1. The van der Waals surface area contributed by atoms with Crippen molar-refractivity contribution in [3.63, 3.8) is 0 Å². The molecule has 8 N–H and O–H groups in total. The van der Waals surface area contributed by atoms with E-state index in [4.69, 9.17) is 28.4 Å². The fourth-order valence-electron chi connectivity index (χ4n) is 10.7. The van der Waals surface area contributed by atoms with E-state index in [1.165, 1.54) is 30.5 Å². The van der Waals surface area contributed by atoms with Gasteiger partial charge < -0.3 is 75.2 Å². The van der Waals surface area contributed by atoms with Gasteiger partial charge in [0.1, 0.15) is 6.04 Å². The zero-order chi connectivity index (χ0) is 72.3. The number of nitrogens with zero attached hydrogens (tertiary/aromatic N) is 6. The molecule has 6 amide bonds. The zero-order valence-electron chi connectivity index (χ0n) is 55.4. The molecule has 35 heteroatoms. The number of para-hydroxylation sites is 1. The van der Waals surface area contributed by atoms with Crippen molar-refractivity contribution in [3.05, 3.63) is 95.2 Å². The molecule has 0 saturated carbocycles. The first-order chi connectivity index (χ1) is 47.9. The molecule has 0 bridgehead atoms. The number of aromatic nitrogens is 1. The van der Waals surface area contributed by atoms with Crippen LogP contribution in [0.2, 0.25) is 0 Å². The number of carbonyl (C=O) groups excluding carboxylic acids is 6. The number of benzene rings is 3. The number of amides is 6. The second-order valence-corrected chi connectivity index (χ2v) is 24.5. The zero-order valence-corrected chi connectivity index (χ0v) is 56.2. The Kier molecular flexibility index (Phi) is 34.4. The third-order valence-corrected chi connectivity index (χ3v) is 16.2. The van der Waals surface area contributed by atoms with Crippen LogP contribution in [0.3, 0.4) is 0 Å². The Hall–Kier alpha value is -8.36. The number of halogens is 3. The normalized spacial score (nSPS) is 15.9. The molecule has 1 unspecified atom stereocenters. The van der Waals surface area contributed by atoms with Crippen LogP contribution >= 0.6 is 0 Å². The molecule has 2 aliphatic rings. The number of carboxylic acids is 3. The molecule has 100 heavy (non-hydrogen) atoms. The van der Waals surface area contributed by atoms with Gasteiger partial charge in [0.15, 0.2) is 0 Å². The van der Waals surface area contributed by atoms with E-state index < -0.39 is 88.9 Å². The van der Waals surface area contributed by atoms with E-state index in [0.29, 0.717) is 101 Å². The Morgan fingerprint density at radius 3 is 1.61 bits per heavy atom. The lowest BCUT2D eigenvalue weighted by molar-refractivity contribution is -0.140. The number of hydrogen-bond acceptors (Lipinski definition) is 22. The van der Waals surface area contributed by atoms with Crippen molar-refractivity contribution in [3.8, 4) is 0 Å².